The third-order valence-corrected chi connectivity index (χ3v) is 9.02. The van der Waals surface area contributed by atoms with Gasteiger partial charge in [0, 0.05) is 31.7 Å². The number of piperazine rings is 1. The summed E-state index contributed by atoms with van der Waals surface area (Å²) in [5.41, 5.74) is 2.20. The van der Waals surface area contributed by atoms with Gasteiger partial charge in [0.05, 0.1) is 46.2 Å². The minimum Gasteiger partial charge on any atom is -0.494 e. The number of aromatic nitrogens is 2. The zero-order chi connectivity index (χ0) is 29.7. The zero-order valence-electron chi connectivity index (χ0n) is 23.4. The van der Waals surface area contributed by atoms with Crippen LogP contribution in [0.15, 0.2) is 60.1 Å². The molecule has 41 heavy (non-hydrogen) atoms. The Morgan fingerprint density at radius 1 is 1.22 bits per heavy atom. The number of hydrogen-bond donors (Lipinski definition) is 4. The summed E-state index contributed by atoms with van der Waals surface area (Å²) in [6.07, 6.45) is 2.61. The second-order valence-corrected chi connectivity index (χ2v) is 12.7. The molecule has 3 aromatic rings. The molecule has 2 heterocycles. The molecule has 1 aliphatic heterocycles. The van der Waals surface area contributed by atoms with E-state index in [0.29, 0.717) is 22.8 Å². The van der Waals surface area contributed by atoms with Crippen molar-refractivity contribution in [3.05, 3.63) is 60.3 Å². The van der Waals surface area contributed by atoms with Gasteiger partial charge in [-0.25, -0.2) is 13.4 Å². The van der Waals surface area contributed by atoms with Crippen molar-refractivity contribution in [2.24, 2.45) is 0 Å². The molecule has 0 spiro atoms. The van der Waals surface area contributed by atoms with E-state index in [1.165, 1.54) is 18.3 Å². The summed E-state index contributed by atoms with van der Waals surface area (Å²) in [5, 5.41) is 12.1. The summed E-state index contributed by atoms with van der Waals surface area (Å²) in [6, 6.07) is 10.4. The van der Waals surface area contributed by atoms with E-state index in [1.807, 2.05) is 6.07 Å². The molecule has 4 N–H and O–H groups in total. The number of benzene rings is 2. The number of halogens is 1. The van der Waals surface area contributed by atoms with Gasteiger partial charge in [-0.05, 0) is 45.0 Å². The highest BCUT2D eigenvalue weighted by atomic mass is 35.5. The van der Waals surface area contributed by atoms with E-state index in [2.05, 4.69) is 49.6 Å². The van der Waals surface area contributed by atoms with Crippen LogP contribution in [0.2, 0.25) is 5.02 Å². The lowest BCUT2D eigenvalue weighted by atomic mass is 10.1. The Morgan fingerprint density at radius 3 is 2.66 bits per heavy atom. The summed E-state index contributed by atoms with van der Waals surface area (Å²) >= 11 is 6.40. The molecule has 0 unspecified atom stereocenters. The lowest BCUT2D eigenvalue weighted by Crippen LogP contribution is -2.49. The van der Waals surface area contributed by atoms with Gasteiger partial charge in [0.1, 0.15) is 10.8 Å². The molecule has 218 valence electrons. The van der Waals surface area contributed by atoms with Crippen molar-refractivity contribution in [3.63, 3.8) is 0 Å². The SMILES string of the molecule is C=CC(=O)Nc1cc(Nc2ncc(Cl)c(Nc3ccccc3S(=O)(=O)C(C)C)n2)c(OC)cc1N1CCN[C@H](C)C1. The molecule has 1 amide bonds. The lowest BCUT2D eigenvalue weighted by Gasteiger charge is -2.35. The fourth-order valence-corrected chi connectivity index (χ4v) is 5.71. The Morgan fingerprint density at radius 2 is 1.98 bits per heavy atom. The fourth-order valence-electron chi connectivity index (χ4n) is 4.37. The third kappa shape index (κ3) is 6.89. The summed E-state index contributed by atoms with van der Waals surface area (Å²) in [5.74, 6) is 0.532. The highest BCUT2D eigenvalue weighted by Crippen LogP contribution is 2.39. The van der Waals surface area contributed by atoms with Crippen LogP contribution >= 0.6 is 11.6 Å². The molecule has 1 aromatic heterocycles. The van der Waals surface area contributed by atoms with Crippen molar-refractivity contribution in [1.82, 2.24) is 15.3 Å². The van der Waals surface area contributed by atoms with Crippen molar-refractivity contribution in [2.45, 2.75) is 37.0 Å². The molecular weight excluding hydrogens is 566 g/mol. The van der Waals surface area contributed by atoms with Crippen LogP contribution in [0.1, 0.15) is 20.8 Å². The minimum absolute atomic E-state index is 0.140. The number of nitrogens with zero attached hydrogens (tertiary/aromatic N) is 3. The smallest absolute Gasteiger partial charge is 0.247 e. The second-order valence-electron chi connectivity index (χ2n) is 9.79. The maximum absolute atomic E-state index is 12.9. The number of carbonyl (C=O) groups is 1. The van der Waals surface area contributed by atoms with Gasteiger partial charge in [-0.15, -0.1) is 0 Å². The summed E-state index contributed by atoms with van der Waals surface area (Å²) in [6.45, 7) is 11.2. The van der Waals surface area contributed by atoms with E-state index in [4.69, 9.17) is 16.3 Å². The maximum atomic E-state index is 12.9. The third-order valence-electron chi connectivity index (χ3n) is 6.53. The number of sulfone groups is 1. The van der Waals surface area contributed by atoms with Gasteiger partial charge in [0.25, 0.3) is 0 Å². The highest BCUT2D eigenvalue weighted by molar-refractivity contribution is 7.92. The summed E-state index contributed by atoms with van der Waals surface area (Å²) in [4.78, 5) is 23.4. The van der Waals surface area contributed by atoms with E-state index >= 15 is 0 Å². The molecule has 2 aromatic carbocycles. The first-order chi connectivity index (χ1) is 19.5. The first-order valence-electron chi connectivity index (χ1n) is 13.1. The van der Waals surface area contributed by atoms with Gasteiger partial charge in [0.15, 0.2) is 15.7 Å². The number of rotatable bonds is 10. The standard InChI is InChI=1S/C28H34ClN7O4S/c1-6-26(37)32-21-13-22(24(40-5)14-23(21)36-12-11-30-18(4)16-36)34-28-31-15-19(29)27(35-28)33-20-9-7-8-10-25(20)41(38,39)17(2)3/h6-10,13-15,17-18,30H,1,11-12,16H2,2-5H3,(H,32,37)(H2,31,33,34,35)/t18-/m1/s1. The predicted molar refractivity (Wildman–Crippen MR) is 164 cm³/mol. The van der Waals surface area contributed by atoms with Crippen LogP contribution in [0, 0.1) is 0 Å². The molecular formula is C28H34ClN7O4S. The Labute approximate surface area is 245 Å². The molecule has 1 saturated heterocycles. The van der Waals surface area contributed by atoms with Crippen LogP contribution in [0.3, 0.4) is 0 Å². The monoisotopic (exact) mass is 599 g/mol. The van der Waals surface area contributed by atoms with Gasteiger partial charge in [-0.2, -0.15) is 4.98 Å². The van der Waals surface area contributed by atoms with E-state index in [9.17, 15) is 13.2 Å². The molecule has 0 radical (unpaired) electrons. The van der Waals surface area contributed by atoms with E-state index in [-0.39, 0.29) is 33.6 Å². The minimum atomic E-state index is -3.57. The van der Waals surface area contributed by atoms with Crippen molar-refractivity contribution in [3.8, 4) is 5.75 Å². The van der Waals surface area contributed by atoms with Crippen molar-refractivity contribution >= 4 is 61.9 Å². The fraction of sp³-hybridized carbons (Fsp3) is 0.321. The van der Waals surface area contributed by atoms with Crippen molar-refractivity contribution in [1.29, 1.82) is 0 Å². The average Bonchev–Trinajstić information content (AvgIpc) is 2.95. The topological polar surface area (TPSA) is 138 Å². The Balaban J connectivity index is 1.70. The maximum Gasteiger partial charge on any atom is 0.247 e. The van der Waals surface area contributed by atoms with Gasteiger partial charge < -0.3 is 30.9 Å². The first-order valence-corrected chi connectivity index (χ1v) is 15.0. The largest absolute Gasteiger partial charge is 0.494 e. The molecule has 11 nitrogen and oxygen atoms in total. The van der Waals surface area contributed by atoms with Gasteiger partial charge in [-0.3, -0.25) is 4.79 Å². The average molecular weight is 600 g/mol. The van der Waals surface area contributed by atoms with Gasteiger partial charge >= 0.3 is 0 Å². The van der Waals surface area contributed by atoms with Crippen molar-refractivity contribution < 1.29 is 17.9 Å². The summed E-state index contributed by atoms with van der Waals surface area (Å²) < 4.78 is 31.5. The predicted octanol–water partition coefficient (Wildman–Crippen LogP) is 4.73. The number of anilines is 6. The number of amides is 1. The van der Waals surface area contributed by atoms with E-state index in [0.717, 1.165) is 25.3 Å². The molecule has 1 atom stereocenters. The van der Waals surface area contributed by atoms with Crippen LogP contribution in [-0.2, 0) is 14.6 Å². The molecule has 13 heteroatoms. The number of ether oxygens (including phenoxy) is 1. The zero-order valence-corrected chi connectivity index (χ0v) is 24.9. The normalized spacial score (nSPS) is 15.4. The van der Waals surface area contributed by atoms with Crippen LogP contribution < -0.4 is 30.9 Å². The summed E-state index contributed by atoms with van der Waals surface area (Å²) in [7, 11) is -2.02. The highest BCUT2D eigenvalue weighted by Gasteiger charge is 2.24. The Kier molecular flexibility index (Phi) is 9.36. The molecule has 0 bridgehead atoms. The molecule has 1 aliphatic rings. The number of nitrogens with one attached hydrogen (secondary N) is 4. The quantitative estimate of drug-likeness (QED) is 0.242. The van der Waals surface area contributed by atoms with Crippen LogP contribution in [0.4, 0.5) is 34.5 Å². The van der Waals surface area contributed by atoms with Gasteiger partial charge in [0.2, 0.25) is 11.9 Å². The van der Waals surface area contributed by atoms with Crippen LogP contribution in [0.5, 0.6) is 5.75 Å². The molecule has 1 fully saturated rings. The van der Waals surface area contributed by atoms with E-state index < -0.39 is 15.1 Å². The molecule has 0 aliphatic carbocycles. The number of para-hydroxylation sites is 1. The van der Waals surface area contributed by atoms with Crippen molar-refractivity contribution in [2.75, 3.05) is 47.6 Å². The first kappa shape index (κ1) is 30.1. The van der Waals surface area contributed by atoms with Crippen LogP contribution in [-0.4, -0.2) is 62.3 Å². The Hall–Kier alpha value is -3.87. The Bertz CT molecular complexity index is 1550. The van der Waals surface area contributed by atoms with Crippen LogP contribution in [0.25, 0.3) is 0 Å². The molecule has 0 saturated carbocycles. The lowest BCUT2D eigenvalue weighted by molar-refractivity contribution is -0.111. The van der Waals surface area contributed by atoms with Gasteiger partial charge in [-0.1, -0.05) is 30.3 Å². The number of methoxy groups -OCH3 is 1. The molecule has 4 rings (SSSR count). The van der Waals surface area contributed by atoms with E-state index in [1.54, 1.807) is 45.2 Å². The second kappa shape index (κ2) is 12.8. The number of hydrogen-bond acceptors (Lipinski definition) is 10. The number of carbonyl (C=O) groups excluding carboxylic acids is 1.